The second-order valence-electron chi connectivity index (χ2n) is 11.4. The van der Waals surface area contributed by atoms with Gasteiger partial charge in [-0.3, -0.25) is 14.9 Å². The van der Waals surface area contributed by atoms with Gasteiger partial charge in [0.15, 0.2) is 21.3 Å². The van der Waals surface area contributed by atoms with E-state index in [1.165, 1.54) is 33.5 Å². The monoisotopic (exact) mass is 686 g/mol. The molecular weight excluding hydrogens is 648 g/mol. The Bertz CT molecular complexity index is 1950. The van der Waals surface area contributed by atoms with Gasteiger partial charge in [-0.25, -0.2) is 13.2 Å². The fraction of sp³-hybridized carbons (Fsp3) is 0.250. The molecule has 13 heteroatoms. The Morgan fingerprint density at radius 2 is 1.63 bits per heavy atom. The number of ether oxygens (including phenoxy) is 3. The van der Waals surface area contributed by atoms with E-state index in [4.69, 9.17) is 19.9 Å². The van der Waals surface area contributed by atoms with E-state index in [-0.39, 0.29) is 22.1 Å². The molecule has 4 N–H and O–H groups in total. The van der Waals surface area contributed by atoms with Gasteiger partial charge in [0.05, 0.1) is 38.0 Å². The molecule has 0 bridgehead atoms. The van der Waals surface area contributed by atoms with Gasteiger partial charge in [0.2, 0.25) is 11.8 Å². The summed E-state index contributed by atoms with van der Waals surface area (Å²) in [5.41, 5.74) is 8.09. The minimum absolute atomic E-state index is 0.0567. The lowest BCUT2D eigenvalue weighted by atomic mass is 10.0. The summed E-state index contributed by atoms with van der Waals surface area (Å²) in [5.74, 6) is -0.356. The van der Waals surface area contributed by atoms with E-state index in [0.29, 0.717) is 59.0 Å². The first-order valence-electron chi connectivity index (χ1n) is 15.5. The Morgan fingerprint density at radius 3 is 2.33 bits per heavy atom. The molecule has 4 aromatic carbocycles. The van der Waals surface area contributed by atoms with Crippen LogP contribution in [0.1, 0.15) is 52.0 Å². The molecule has 0 saturated carbocycles. The molecule has 1 aliphatic rings. The molecule has 0 aromatic heterocycles. The van der Waals surface area contributed by atoms with Crippen molar-refractivity contribution in [2.45, 2.75) is 35.6 Å². The zero-order valence-electron chi connectivity index (χ0n) is 27.3. The fourth-order valence-electron chi connectivity index (χ4n) is 5.98. The predicted octanol–water partition coefficient (Wildman–Crippen LogP) is 5.47. The Balaban J connectivity index is 1.59. The fourth-order valence-corrected chi connectivity index (χ4v) is 7.59. The Labute approximate surface area is 285 Å². The molecule has 12 nitrogen and oxygen atoms in total. The van der Waals surface area contributed by atoms with Gasteiger partial charge in [-0.2, -0.15) is 0 Å². The Kier molecular flexibility index (Phi) is 10.7. The van der Waals surface area contributed by atoms with Gasteiger partial charge in [-0.15, -0.1) is 0 Å². The quantitative estimate of drug-likeness (QED) is 0.175. The number of hydrogen-bond acceptors (Lipinski definition) is 9. The van der Waals surface area contributed by atoms with E-state index in [0.717, 1.165) is 0 Å². The SMILES string of the molecule is COC(=O)Nc1ccc(S(=O)(=O)Cc2ccccc2)c([C@H]2CCCN2C(=O)[C@@H](Nc2cccc(C(N)=O)c2)c2ccc(OC)c(OC)c2)c1. The number of carbonyl (C=O) groups excluding carboxylic acids is 3. The van der Waals surface area contributed by atoms with Crippen LogP contribution in [0.2, 0.25) is 0 Å². The third-order valence-corrected chi connectivity index (χ3v) is 10.1. The number of nitrogens with zero attached hydrogens (tertiary/aromatic N) is 1. The summed E-state index contributed by atoms with van der Waals surface area (Å²) in [6.07, 6.45) is 0.344. The number of methoxy groups -OCH3 is 3. The van der Waals surface area contributed by atoms with Gasteiger partial charge in [0.25, 0.3) is 0 Å². The van der Waals surface area contributed by atoms with Gasteiger partial charge in [0.1, 0.15) is 6.04 Å². The van der Waals surface area contributed by atoms with Crippen molar-refractivity contribution in [1.29, 1.82) is 0 Å². The van der Waals surface area contributed by atoms with E-state index in [9.17, 15) is 22.8 Å². The number of sulfone groups is 1. The Morgan fingerprint density at radius 1 is 0.878 bits per heavy atom. The van der Waals surface area contributed by atoms with E-state index >= 15 is 0 Å². The average Bonchev–Trinajstić information content (AvgIpc) is 3.60. The van der Waals surface area contributed by atoms with Gasteiger partial charge >= 0.3 is 6.09 Å². The molecule has 0 unspecified atom stereocenters. The second-order valence-corrected chi connectivity index (χ2v) is 13.4. The number of rotatable bonds is 12. The van der Waals surface area contributed by atoms with Crippen molar-refractivity contribution in [2.75, 3.05) is 38.5 Å². The van der Waals surface area contributed by atoms with E-state index < -0.39 is 33.9 Å². The first-order chi connectivity index (χ1) is 23.5. The molecule has 1 saturated heterocycles. The Hall–Kier alpha value is -5.56. The lowest BCUT2D eigenvalue weighted by Gasteiger charge is -2.31. The maximum absolute atomic E-state index is 14.7. The van der Waals surface area contributed by atoms with Crippen LogP contribution < -0.4 is 25.8 Å². The number of primary amides is 1. The number of hydrogen-bond donors (Lipinski definition) is 3. The van der Waals surface area contributed by atoms with Crippen LogP contribution in [0.15, 0.2) is 95.9 Å². The summed E-state index contributed by atoms with van der Waals surface area (Å²) in [5, 5.41) is 5.88. The zero-order valence-corrected chi connectivity index (χ0v) is 28.2. The second kappa shape index (κ2) is 15.1. The topological polar surface area (TPSA) is 166 Å². The molecule has 1 fully saturated rings. The number of carbonyl (C=O) groups is 3. The van der Waals surface area contributed by atoms with E-state index in [1.54, 1.807) is 77.7 Å². The smallest absolute Gasteiger partial charge is 0.411 e. The summed E-state index contributed by atoms with van der Waals surface area (Å²) in [6.45, 7) is 0.336. The van der Waals surface area contributed by atoms with Crippen molar-refractivity contribution in [3.63, 3.8) is 0 Å². The average molecular weight is 687 g/mol. The van der Waals surface area contributed by atoms with Crippen molar-refractivity contribution >= 4 is 39.1 Å². The molecular formula is C36H38N4O8S. The molecule has 4 aromatic rings. The van der Waals surface area contributed by atoms with Crippen molar-refractivity contribution in [2.24, 2.45) is 5.73 Å². The molecule has 1 heterocycles. The largest absolute Gasteiger partial charge is 0.493 e. The molecule has 0 radical (unpaired) electrons. The number of benzene rings is 4. The van der Waals surface area contributed by atoms with Crippen LogP contribution in [0.25, 0.3) is 0 Å². The first-order valence-corrected chi connectivity index (χ1v) is 17.1. The number of amides is 3. The minimum Gasteiger partial charge on any atom is -0.493 e. The predicted molar refractivity (Wildman–Crippen MR) is 184 cm³/mol. The molecule has 5 rings (SSSR count). The van der Waals surface area contributed by atoms with Crippen LogP contribution in [0.4, 0.5) is 16.2 Å². The van der Waals surface area contributed by atoms with Crippen LogP contribution in [0, 0.1) is 0 Å². The summed E-state index contributed by atoms with van der Waals surface area (Å²) in [7, 11) is 0.326. The highest BCUT2D eigenvalue weighted by Crippen LogP contribution is 2.41. The first kappa shape index (κ1) is 34.8. The van der Waals surface area contributed by atoms with Gasteiger partial charge in [-0.1, -0.05) is 42.5 Å². The van der Waals surface area contributed by atoms with E-state index in [1.807, 2.05) is 6.07 Å². The molecule has 2 atom stereocenters. The summed E-state index contributed by atoms with van der Waals surface area (Å²) in [6, 6.07) is 23.3. The highest BCUT2D eigenvalue weighted by atomic mass is 32.2. The van der Waals surface area contributed by atoms with Crippen molar-refractivity contribution < 1.29 is 37.0 Å². The molecule has 3 amide bonds. The maximum Gasteiger partial charge on any atom is 0.411 e. The maximum atomic E-state index is 14.7. The number of nitrogens with one attached hydrogen (secondary N) is 2. The zero-order chi connectivity index (χ0) is 35.1. The number of nitrogens with two attached hydrogens (primary N) is 1. The van der Waals surface area contributed by atoms with Crippen LogP contribution in [-0.2, 0) is 25.1 Å². The summed E-state index contributed by atoms with van der Waals surface area (Å²) >= 11 is 0. The lowest BCUT2D eigenvalue weighted by molar-refractivity contribution is -0.133. The van der Waals surface area contributed by atoms with Crippen LogP contribution in [0.3, 0.4) is 0 Å². The molecule has 0 spiro atoms. The number of anilines is 2. The van der Waals surface area contributed by atoms with Gasteiger partial charge in [0, 0.05) is 23.5 Å². The third-order valence-electron chi connectivity index (χ3n) is 8.32. The minimum atomic E-state index is -3.90. The lowest BCUT2D eigenvalue weighted by Crippen LogP contribution is -2.38. The molecule has 1 aliphatic heterocycles. The number of likely N-dealkylation sites (tertiary alicyclic amines) is 1. The highest BCUT2D eigenvalue weighted by Gasteiger charge is 2.38. The molecule has 0 aliphatic carbocycles. The van der Waals surface area contributed by atoms with Crippen molar-refractivity contribution in [3.8, 4) is 11.5 Å². The third kappa shape index (κ3) is 7.95. The summed E-state index contributed by atoms with van der Waals surface area (Å²) in [4.78, 5) is 40.5. The van der Waals surface area contributed by atoms with Gasteiger partial charge < -0.3 is 30.2 Å². The van der Waals surface area contributed by atoms with Crippen molar-refractivity contribution in [3.05, 3.63) is 113 Å². The van der Waals surface area contributed by atoms with Crippen LogP contribution >= 0.6 is 0 Å². The molecule has 49 heavy (non-hydrogen) atoms. The summed E-state index contributed by atoms with van der Waals surface area (Å²) < 4.78 is 43.6. The van der Waals surface area contributed by atoms with Gasteiger partial charge in [-0.05, 0) is 78.1 Å². The molecule has 256 valence electrons. The van der Waals surface area contributed by atoms with Crippen LogP contribution in [-0.4, -0.2) is 59.1 Å². The van der Waals surface area contributed by atoms with Crippen molar-refractivity contribution in [1.82, 2.24) is 4.90 Å². The normalized spacial score (nSPS) is 14.8. The van der Waals surface area contributed by atoms with E-state index in [2.05, 4.69) is 10.6 Å². The standard InChI is InChI=1S/C36H38N4O8S/c1-46-30-16-14-24(20-31(30)47-2)33(38-26-12-7-11-25(19-26)34(37)41)35(42)40-18-8-13-29(40)28-21-27(39-36(43)48-3)15-17-32(28)49(44,45)22-23-9-5-4-6-10-23/h4-7,9-12,14-17,19-21,29,33,38H,8,13,18,22H2,1-3H3,(H2,37,41)(H,39,43)/t29-,33+/m1/s1. The highest BCUT2D eigenvalue weighted by molar-refractivity contribution is 7.90. The van der Waals surface area contributed by atoms with Crippen LogP contribution in [0.5, 0.6) is 11.5 Å².